The molecule has 76 valence electrons. The lowest BCUT2D eigenvalue weighted by Gasteiger charge is -2.22. The van der Waals surface area contributed by atoms with Crippen molar-refractivity contribution in [1.29, 1.82) is 0 Å². The zero-order valence-electron chi connectivity index (χ0n) is 8.38. The topological polar surface area (TPSA) is 0 Å². The van der Waals surface area contributed by atoms with Crippen LogP contribution in [0.2, 0.25) is 0 Å². The Morgan fingerprint density at radius 2 is 1.88 bits per heavy atom. The summed E-state index contributed by atoms with van der Waals surface area (Å²) >= 11 is 3.17. The van der Waals surface area contributed by atoms with E-state index in [-0.39, 0.29) is 5.57 Å². The Bertz CT molecular complexity index is 413. The standard InChI is InChI=1S/C10H6B3BrF2/c1-5(9(15)16)6-2-3-7(8(14)4-6)10(11,12)13/h2-4,9H,1H2. The van der Waals surface area contributed by atoms with Gasteiger partial charge in [-0.05, 0) is 11.6 Å². The van der Waals surface area contributed by atoms with Crippen molar-refractivity contribution in [2.75, 3.05) is 0 Å². The minimum absolute atomic E-state index is 0.260. The van der Waals surface area contributed by atoms with Gasteiger partial charge in [-0.15, -0.1) is 5.11 Å². The number of allylic oxidation sites excluding steroid dienone is 1. The van der Waals surface area contributed by atoms with E-state index in [2.05, 4.69) is 22.5 Å². The fourth-order valence-electron chi connectivity index (χ4n) is 1.19. The lowest BCUT2D eigenvalue weighted by molar-refractivity contribution is 0.215. The molecule has 0 nitrogen and oxygen atoms in total. The third kappa shape index (κ3) is 3.00. The molecule has 0 bridgehead atoms. The maximum absolute atomic E-state index is 12.4. The fourth-order valence-corrected chi connectivity index (χ4v) is 1.91. The van der Waals surface area contributed by atoms with E-state index < -0.39 is 11.5 Å². The van der Waals surface area contributed by atoms with E-state index in [1.54, 1.807) is 0 Å². The van der Waals surface area contributed by atoms with Crippen LogP contribution in [0.4, 0.5) is 8.78 Å². The largest absolute Gasteiger partial charge is 0.263 e. The minimum Gasteiger partial charge on any atom is -0.205 e. The van der Waals surface area contributed by atoms with E-state index in [0.29, 0.717) is 15.6 Å². The van der Waals surface area contributed by atoms with E-state index in [9.17, 15) is 8.78 Å². The van der Waals surface area contributed by atoms with Gasteiger partial charge in [0.25, 0.3) is 6.43 Å². The Morgan fingerprint density at radius 1 is 1.31 bits per heavy atom. The van der Waals surface area contributed by atoms with Gasteiger partial charge in [0.1, 0.15) is 0 Å². The summed E-state index contributed by atoms with van der Waals surface area (Å²) < 4.78 is 25.3. The summed E-state index contributed by atoms with van der Waals surface area (Å²) in [4.78, 5) is 0. The molecule has 0 aliphatic carbocycles. The first kappa shape index (κ1) is 13.6. The van der Waals surface area contributed by atoms with E-state index in [1.807, 2.05) is 0 Å². The van der Waals surface area contributed by atoms with Crippen molar-refractivity contribution in [2.45, 2.75) is 11.5 Å². The van der Waals surface area contributed by atoms with E-state index in [4.69, 9.17) is 23.5 Å². The van der Waals surface area contributed by atoms with Crippen molar-refractivity contribution in [3.63, 3.8) is 0 Å². The fraction of sp³-hybridized carbons (Fsp3) is 0.200. The van der Waals surface area contributed by atoms with E-state index >= 15 is 0 Å². The van der Waals surface area contributed by atoms with Crippen LogP contribution in [-0.4, -0.2) is 30.0 Å². The second-order valence-corrected chi connectivity index (χ2v) is 4.31. The SMILES string of the molecule is [B]C([B])([B])c1ccc(C(=C)C(F)F)cc1Br. The average Bonchev–Trinajstić information content (AvgIpc) is 2.14. The molecule has 1 rings (SSSR count). The second kappa shape index (κ2) is 4.78. The highest BCUT2D eigenvalue weighted by Crippen LogP contribution is 2.29. The van der Waals surface area contributed by atoms with Crippen LogP contribution in [0.3, 0.4) is 0 Å². The Labute approximate surface area is 106 Å². The predicted octanol–water partition coefficient (Wildman–Crippen LogP) is 2.34. The first-order valence-corrected chi connectivity index (χ1v) is 5.16. The number of rotatable bonds is 3. The second-order valence-electron chi connectivity index (χ2n) is 3.45. The quantitative estimate of drug-likeness (QED) is 0.744. The van der Waals surface area contributed by atoms with Gasteiger partial charge in [0.05, 0.1) is 23.5 Å². The van der Waals surface area contributed by atoms with Crippen molar-refractivity contribution in [2.24, 2.45) is 0 Å². The van der Waals surface area contributed by atoms with Crippen molar-refractivity contribution in [1.82, 2.24) is 0 Å². The summed E-state index contributed by atoms with van der Waals surface area (Å²) in [7, 11) is 16.5. The molecular weight excluding hydrogens is 270 g/mol. The van der Waals surface area contributed by atoms with Gasteiger partial charge >= 0.3 is 0 Å². The molecule has 0 aromatic heterocycles. The van der Waals surface area contributed by atoms with Gasteiger partial charge in [0, 0.05) is 10.0 Å². The Balaban J connectivity index is 3.15. The van der Waals surface area contributed by atoms with Crippen LogP contribution in [0.15, 0.2) is 29.3 Å². The molecule has 0 atom stereocenters. The Kier molecular flexibility index (Phi) is 4.05. The number of hydrogen-bond acceptors (Lipinski definition) is 0. The molecule has 0 fully saturated rings. The normalized spacial score (nSPS) is 11.8. The summed E-state index contributed by atoms with van der Waals surface area (Å²) in [6, 6.07) is 4.41. The van der Waals surface area contributed by atoms with Crippen molar-refractivity contribution < 1.29 is 8.78 Å². The highest BCUT2D eigenvalue weighted by atomic mass is 79.9. The number of benzene rings is 1. The molecule has 6 radical (unpaired) electrons. The summed E-state index contributed by atoms with van der Waals surface area (Å²) in [6.07, 6.45) is -2.60. The molecule has 0 saturated carbocycles. The van der Waals surface area contributed by atoms with Gasteiger partial charge in [-0.1, -0.05) is 40.2 Å². The lowest BCUT2D eigenvalue weighted by atomic mass is 9.40. The first-order chi connectivity index (χ1) is 7.23. The third-order valence-electron chi connectivity index (χ3n) is 2.07. The van der Waals surface area contributed by atoms with E-state index in [1.165, 1.54) is 18.2 Å². The van der Waals surface area contributed by atoms with Gasteiger partial charge in [-0.3, -0.25) is 0 Å². The van der Waals surface area contributed by atoms with Crippen molar-refractivity contribution in [3.05, 3.63) is 40.4 Å². The number of hydrogen-bond donors (Lipinski definition) is 0. The molecule has 6 heteroatoms. The smallest absolute Gasteiger partial charge is 0.205 e. The van der Waals surface area contributed by atoms with Gasteiger partial charge in [0.15, 0.2) is 0 Å². The Morgan fingerprint density at radius 3 is 2.25 bits per heavy atom. The van der Waals surface area contributed by atoms with Crippen molar-refractivity contribution in [3.8, 4) is 0 Å². The molecule has 0 aliphatic heterocycles. The first-order valence-electron chi connectivity index (χ1n) is 4.37. The highest BCUT2D eigenvalue weighted by molar-refractivity contribution is 9.10. The molecule has 0 amide bonds. The van der Waals surface area contributed by atoms with Crippen LogP contribution in [-0.2, 0) is 5.11 Å². The van der Waals surface area contributed by atoms with E-state index in [0.717, 1.165) is 0 Å². The summed E-state index contributed by atoms with van der Waals surface area (Å²) in [5.74, 6) is 0. The van der Waals surface area contributed by atoms with Gasteiger partial charge in [0.2, 0.25) is 0 Å². The molecule has 1 aromatic carbocycles. The Hall–Kier alpha value is -0.505. The van der Waals surface area contributed by atoms with Gasteiger partial charge in [-0.25, -0.2) is 8.78 Å². The molecule has 0 saturated heterocycles. The van der Waals surface area contributed by atoms with Crippen LogP contribution in [0, 0.1) is 0 Å². The maximum Gasteiger partial charge on any atom is 0.263 e. The summed E-state index contributed by atoms with van der Waals surface area (Å²) in [6.45, 7) is 3.29. The molecule has 1 aromatic rings. The summed E-state index contributed by atoms with van der Waals surface area (Å²) in [5, 5.41) is -1.51. The molecular formula is C10H6B3BrF2. The van der Waals surface area contributed by atoms with Crippen LogP contribution in [0.5, 0.6) is 0 Å². The maximum atomic E-state index is 12.4. The third-order valence-corrected chi connectivity index (χ3v) is 2.73. The van der Waals surface area contributed by atoms with Crippen LogP contribution in [0.1, 0.15) is 11.1 Å². The highest BCUT2D eigenvalue weighted by Gasteiger charge is 2.17. The van der Waals surface area contributed by atoms with Crippen molar-refractivity contribution >= 4 is 45.0 Å². The molecule has 16 heavy (non-hydrogen) atoms. The minimum atomic E-state index is -2.60. The molecule has 0 aliphatic rings. The predicted molar refractivity (Wildman–Crippen MR) is 68.1 cm³/mol. The molecule has 0 unspecified atom stereocenters. The number of alkyl halides is 2. The van der Waals surface area contributed by atoms with Gasteiger partial charge in [-0.2, -0.15) is 0 Å². The molecule has 0 N–H and O–H groups in total. The molecule has 0 heterocycles. The zero-order valence-corrected chi connectivity index (χ0v) is 9.97. The van der Waals surface area contributed by atoms with Crippen LogP contribution >= 0.6 is 15.9 Å². The number of halogens is 3. The average molecular weight is 276 g/mol. The monoisotopic (exact) mass is 276 g/mol. The zero-order chi connectivity index (χ0) is 12.5. The van der Waals surface area contributed by atoms with Gasteiger partial charge < -0.3 is 0 Å². The van der Waals surface area contributed by atoms with Crippen LogP contribution in [0.25, 0.3) is 5.57 Å². The van der Waals surface area contributed by atoms with Crippen LogP contribution < -0.4 is 0 Å². The summed E-state index contributed by atoms with van der Waals surface area (Å²) in [5.41, 5.74) is 0.483. The molecule has 0 spiro atoms. The lowest BCUT2D eigenvalue weighted by Crippen LogP contribution is -2.27.